The molecule has 21 heavy (non-hydrogen) atoms. The van der Waals surface area contributed by atoms with Crippen LogP contribution in [0.2, 0.25) is 10.0 Å². The van der Waals surface area contributed by atoms with E-state index in [4.69, 9.17) is 33.7 Å². The highest BCUT2D eigenvalue weighted by molar-refractivity contribution is 6.34. The number of nitrogens with two attached hydrogens (primary N) is 1. The summed E-state index contributed by atoms with van der Waals surface area (Å²) < 4.78 is 5.09. The SMILES string of the molecule is CCOC(=O)C1=C(C)NC(N)=NC1c1cc(Cl)cc(Cl)c1. The van der Waals surface area contributed by atoms with E-state index in [1.165, 1.54) is 0 Å². The van der Waals surface area contributed by atoms with E-state index in [0.29, 0.717) is 26.9 Å². The lowest BCUT2D eigenvalue weighted by Crippen LogP contribution is -2.37. The molecule has 112 valence electrons. The van der Waals surface area contributed by atoms with Gasteiger partial charge >= 0.3 is 5.97 Å². The minimum Gasteiger partial charge on any atom is -0.463 e. The zero-order valence-electron chi connectivity index (χ0n) is 11.6. The molecule has 1 aliphatic heterocycles. The Morgan fingerprint density at radius 2 is 2.00 bits per heavy atom. The average molecular weight is 328 g/mol. The van der Waals surface area contributed by atoms with E-state index in [-0.39, 0.29) is 12.6 Å². The molecule has 7 heteroatoms. The monoisotopic (exact) mass is 327 g/mol. The average Bonchev–Trinajstić information content (AvgIpc) is 2.36. The van der Waals surface area contributed by atoms with Gasteiger partial charge < -0.3 is 15.8 Å². The third-order valence-electron chi connectivity index (χ3n) is 2.96. The molecule has 3 N–H and O–H groups in total. The Balaban J connectivity index is 2.50. The highest BCUT2D eigenvalue weighted by atomic mass is 35.5. The van der Waals surface area contributed by atoms with Crippen LogP contribution in [-0.4, -0.2) is 18.5 Å². The number of nitrogens with zero attached hydrogens (tertiary/aromatic N) is 1. The lowest BCUT2D eigenvalue weighted by atomic mass is 9.96. The van der Waals surface area contributed by atoms with Crippen molar-refractivity contribution in [1.29, 1.82) is 0 Å². The van der Waals surface area contributed by atoms with E-state index in [0.717, 1.165) is 0 Å². The molecular weight excluding hydrogens is 313 g/mol. The minimum absolute atomic E-state index is 0.224. The summed E-state index contributed by atoms with van der Waals surface area (Å²) in [5.41, 5.74) is 7.42. The molecule has 0 saturated carbocycles. The van der Waals surface area contributed by atoms with Gasteiger partial charge in [0.1, 0.15) is 6.04 Å². The Kier molecular flexibility index (Phi) is 4.75. The lowest BCUT2D eigenvalue weighted by Gasteiger charge is -2.24. The van der Waals surface area contributed by atoms with Crippen LogP contribution in [0, 0.1) is 0 Å². The number of hydrogen-bond acceptors (Lipinski definition) is 5. The molecule has 1 atom stereocenters. The van der Waals surface area contributed by atoms with Crippen LogP contribution >= 0.6 is 23.2 Å². The molecule has 2 rings (SSSR count). The van der Waals surface area contributed by atoms with Gasteiger partial charge in [-0.15, -0.1) is 0 Å². The van der Waals surface area contributed by atoms with Crippen LogP contribution in [0.4, 0.5) is 0 Å². The Bertz CT molecular complexity index is 621. The fourth-order valence-corrected chi connectivity index (χ4v) is 2.69. The summed E-state index contributed by atoms with van der Waals surface area (Å²) in [7, 11) is 0. The molecule has 1 unspecified atom stereocenters. The summed E-state index contributed by atoms with van der Waals surface area (Å²) in [6.45, 7) is 3.76. The quantitative estimate of drug-likeness (QED) is 0.837. The summed E-state index contributed by atoms with van der Waals surface area (Å²) in [5, 5.41) is 3.77. The summed E-state index contributed by atoms with van der Waals surface area (Å²) in [6.07, 6.45) is 0. The van der Waals surface area contributed by atoms with Gasteiger partial charge in [0.05, 0.1) is 12.2 Å². The first-order valence-corrected chi connectivity index (χ1v) is 7.12. The second-order valence-electron chi connectivity index (χ2n) is 4.50. The summed E-state index contributed by atoms with van der Waals surface area (Å²) in [4.78, 5) is 16.4. The Morgan fingerprint density at radius 1 is 1.38 bits per heavy atom. The van der Waals surface area contributed by atoms with Gasteiger partial charge in [-0.3, -0.25) is 0 Å². The highest BCUT2D eigenvalue weighted by Crippen LogP contribution is 2.33. The van der Waals surface area contributed by atoms with Crippen LogP contribution in [0.3, 0.4) is 0 Å². The van der Waals surface area contributed by atoms with Crippen LogP contribution < -0.4 is 11.1 Å². The normalized spacial score (nSPS) is 18.1. The molecule has 0 saturated heterocycles. The fourth-order valence-electron chi connectivity index (χ4n) is 2.15. The van der Waals surface area contributed by atoms with Gasteiger partial charge in [0.15, 0.2) is 5.96 Å². The number of aliphatic imine (C=N–C) groups is 1. The first-order chi connectivity index (χ1) is 9.92. The molecule has 1 aliphatic rings. The van der Waals surface area contributed by atoms with Crippen molar-refractivity contribution in [2.75, 3.05) is 6.61 Å². The Labute approximate surface area is 132 Å². The predicted octanol–water partition coefficient (Wildman–Crippen LogP) is 2.79. The zero-order valence-corrected chi connectivity index (χ0v) is 13.1. The number of esters is 1. The molecule has 0 bridgehead atoms. The maximum absolute atomic E-state index is 12.2. The number of nitrogens with one attached hydrogen (secondary N) is 1. The van der Waals surface area contributed by atoms with Gasteiger partial charge in [-0.1, -0.05) is 23.2 Å². The topological polar surface area (TPSA) is 76.7 Å². The van der Waals surface area contributed by atoms with Crippen molar-refractivity contribution in [3.8, 4) is 0 Å². The van der Waals surface area contributed by atoms with Crippen LogP contribution in [0.1, 0.15) is 25.5 Å². The zero-order chi connectivity index (χ0) is 15.6. The molecular formula is C14H15Cl2N3O2. The summed E-state index contributed by atoms with van der Waals surface area (Å²) >= 11 is 12.0. The van der Waals surface area contributed by atoms with E-state index in [2.05, 4.69) is 10.3 Å². The van der Waals surface area contributed by atoms with Crippen LogP contribution in [0.15, 0.2) is 34.5 Å². The Morgan fingerprint density at radius 3 is 2.57 bits per heavy atom. The van der Waals surface area contributed by atoms with E-state index in [9.17, 15) is 4.79 Å². The van der Waals surface area contributed by atoms with E-state index < -0.39 is 12.0 Å². The first-order valence-electron chi connectivity index (χ1n) is 6.36. The molecule has 1 aromatic carbocycles. The van der Waals surface area contributed by atoms with Gasteiger partial charge in [0.2, 0.25) is 0 Å². The molecule has 0 fully saturated rings. The maximum atomic E-state index is 12.2. The molecule has 1 heterocycles. The largest absolute Gasteiger partial charge is 0.463 e. The number of rotatable bonds is 3. The fraction of sp³-hybridized carbons (Fsp3) is 0.286. The van der Waals surface area contributed by atoms with Crippen LogP contribution in [-0.2, 0) is 9.53 Å². The second kappa shape index (κ2) is 6.37. The van der Waals surface area contributed by atoms with E-state index in [1.54, 1.807) is 32.0 Å². The first kappa shape index (κ1) is 15.7. The predicted molar refractivity (Wildman–Crippen MR) is 83.3 cm³/mol. The number of hydrogen-bond donors (Lipinski definition) is 2. The third kappa shape index (κ3) is 3.49. The number of carbonyl (C=O) groups excluding carboxylic acids is 1. The van der Waals surface area contributed by atoms with Crippen molar-refractivity contribution in [2.24, 2.45) is 10.7 Å². The third-order valence-corrected chi connectivity index (χ3v) is 3.39. The van der Waals surface area contributed by atoms with Crippen molar-refractivity contribution in [1.82, 2.24) is 5.32 Å². The van der Waals surface area contributed by atoms with Gasteiger partial charge in [-0.2, -0.15) is 0 Å². The van der Waals surface area contributed by atoms with E-state index >= 15 is 0 Å². The lowest BCUT2D eigenvalue weighted by molar-refractivity contribution is -0.138. The van der Waals surface area contributed by atoms with Gasteiger partial charge in [0, 0.05) is 15.7 Å². The number of halogens is 2. The molecule has 0 radical (unpaired) electrons. The number of ether oxygens (including phenoxy) is 1. The van der Waals surface area contributed by atoms with Crippen molar-refractivity contribution >= 4 is 35.1 Å². The van der Waals surface area contributed by atoms with Crippen molar-refractivity contribution in [3.05, 3.63) is 45.1 Å². The van der Waals surface area contributed by atoms with Gasteiger partial charge in [-0.05, 0) is 37.6 Å². The number of carbonyl (C=O) groups is 1. The van der Waals surface area contributed by atoms with Crippen LogP contribution in [0.5, 0.6) is 0 Å². The van der Waals surface area contributed by atoms with E-state index in [1.807, 2.05) is 0 Å². The number of guanidine groups is 1. The molecule has 0 aliphatic carbocycles. The van der Waals surface area contributed by atoms with Crippen molar-refractivity contribution in [3.63, 3.8) is 0 Å². The molecule has 0 aromatic heterocycles. The minimum atomic E-state index is -0.596. The molecule has 0 spiro atoms. The van der Waals surface area contributed by atoms with Gasteiger partial charge in [-0.25, -0.2) is 9.79 Å². The molecule has 0 amide bonds. The number of benzene rings is 1. The molecule has 1 aromatic rings. The van der Waals surface area contributed by atoms with Crippen molar-refractivity contribution in [2.45, 2.75) is 19.9 Å². The maximum Gasteiger partial charge on any atom is 0.338 e. The smallest absolute Gasteiger partial charge is 0.338 e. The second-order valence-corrected chi connectivity index (χ2v) is 5.38. The molecule has 5 nitrogen and oxygen atoms in total. The standard InChI is InChI=1S/C14H15Cl2N3O2/c1-3-21-13(20)11-7(2)18-14(17)19-12(11)8-4-9(15)6-10(16)5-8/h4-6,12H,3H2,1-2H3,(H3,17,18,19). The summed E-state index contributed by atoms with van der Waals surface area (Å²) in [6, 6.07) is 4.42. The number of allylic oxidation sites excluding steroid dienone is 1. The summed E-state index contributed by atoms with van der Waals surface area (Å²) in [5.74, 6) is -0.221. The van der Waals surface area contributed by atoms with Gasteiger partial charge in [0.25, 0.3) is 0 Å². The van der Waals surface area contributed by atoms with Crippen LogP contribution in [0.25, 0.3) is 0 Å². The van der Waals surface area contributed by atoms with Crippen molar-refractivity contribution < 1.29 is 9.53 Å². The Hall–Kier alpha value is -1.72. The highest BCUT2D eigenvalue weighted by Gasteiger charge is 2.30.